The Balaban J connectivity index is 1.43. The van der Waals surface area contributed by atoms with Crippen molar-refractivity contribution in [1.29, 1.82) is 0 Å². The van der Waals surface area contributed by atoms with Crippen molar-refractivity contribution < 1.29 is 56.3 Å². The first kappa shape index (κ1) is 38.5. The lowest BCUT2D eigenvalue weighted by Crippen LogP contribution is -2.95. The van der Waals surface area contributed by atoms with E-state index in [1.807, 2.05) is 139 Å². The van der Waals surface area contributed by atoms with Gasteiger partial charge in [0.25, 0.3) is 0 Å². The number of aliphatic hydroxyl groups excluding tert-OH is 2. The Bertz CT molecular complexity index is 2160. The summed E-state index contributed by atoms with van der Waals surface area (Å²) in [6, 6.07) is 31.5. The highest BCUT2D eigenvalue weighted by Crippen LogP contribution is 2.93. The summed E-state index contributed by atoms with van der Waals surface area (Å²) < 4.78 is 71.1. The van der Waals surface area contributed by atoms with E-state index in [1.54, 1.807) is 13.8 Å². The fourth-order valence-corrected chi connectivity index (χ4v) is 11.7. The third kappa shape index (κ3) is 4.56. The summed E-state index contributed by atoms with van der Waals surface area (Å²) in [6.45, 7) is 14.5. The summed E-state index contributed by atoms with van der Waals surface area (Å²) >= 11 is 0. The summed E-state index contributed by atoms with van der Waals surface area (Å²) in [5.74, 6) is -10.3. The van der Waals surface area contributed by atoms with Crippen LogP contribution >= 0.6 is 17.2 Å². The topological polar surface area (TPSA) is 133 Å². The first-order valence-electron chi connectivity index (χ1n) is 19.1. The highest BCUT2D eigenvalue weighted by atomic mass is 31.2. The Hall–Kier alpha value is -2.74. The zero-order chi connectivity index (χ0) is 40.1. The van der Waals surface area contributed by atoms with Gasteiger partial charge in [-0.1, -0.05) is 133 Å². The summed E-state index contributed by atoms with van der Waals surface area (Å²) in [5.41, 5.74) is -0.152. The standard InChI is InChI=1S/C43H46O12P2/c1-27-9-17-31(18-10-27)37(32-19-11-28(2)12-20-32)40-39(34-23-15-30(4)16-24-34,47-38(46-37,35(5,6)25-44)33-21-13-29(3)14-22-33)50-56-52-42(40,53-56)48-41(36(7,8)26-45)49-43(40)54-57(51-41)55-43/h9-24,44-45H,25-26H2,1-8H3. The quantitative estimate of drug-likeness (QED) is 0.165. The molecule has 12 nitrogen and oxygen atoms in total. The third-order valence-corrected chi connectivity index (χ3v) is 14.9. The Morgan fingerprint density at radius 3 is 1.26 bits per heavy atom. The predicted molar refractivity (Wildman–Crippen MR) is 206 cm³/mol. The Morgan fingerprint density at radius 2 is 0.842 bits per heavy atom. The Labute approximate surface area is 334 Å². The fourth-order valence-electron chi connectivity index (χ4n) is 9.08. The van der Waals surface area contributed by atoms with Gasteiger partial charge in [-0.25, -0.2) is 0 Å². The number of aliphatic hydroxyl groups is 2. The van der Waals surface area contributed by atoms with Crippen LogP contribution in [0.2, 0.25) is 0 Å². The molecular weight excluding hydrogens is 770 g/mol. The van der Waals surface area contributed by atoms with Crippen LogP contribution in [0, 0.1) is 43.9 Å². The molecule has 2 N–H and O–H groups in total. The molecule has 8 fully saturated rings. The van der Waals surface area contributed by atoms with Crippen LogP contribution in [-0.2, 0) is 63.3 Å². The second-order valence-electron chi connectivity index (χ2n) is 17.3. The molecule has 0 radical (unpaired) electrons. The van der Waals surface area contributed by atoms with Crippen molar-refractivity contribution in [3.63, 3.8) is 0 Å². The minimum atomic E-state index is -2.23. The van der Waals surface area contributed by atoms with E-state index in [0.717, 1.165) is 22.3 Å². The van der Waals surface area contributed by atoms with Crippen LogP contribution in [0.3, 0.4) is 0 Å². The van der Waals surface area contributed by atoms with E-state index in [0.29, 0.717) is 22.3 Å². The van der Waals surface area contributed by atoms with Gasteiger partial charge >= 0.3 is 35.1 Å². The number of ether oxygens (including phenoxy) is 4. The number of rotatable bonds is 8. The molecule has 4 aromatic carbocycles. The SMILES string of the molecule is Cc1ccc(C2(C(C)(C)CO)OC3(c4ccc(C)cc4)OP4OC5(O4)OC4(C(C)(C)CO)OP6OC(O6)(O4)C53C(c3ccc(C)cc3)(c3ccc(C)cc3)O2)cc1. The number of hydrogen-bond donors (Lipinski definition) is 2. The molecule has 4 atom stereocenters. The van der Waals surface area contributed by atoms with E-state index < -0.39 is 75.2 Å². The first-order valence-corrected chi connectivity index (χ1v) is 21.3. The van der Waals surface area contributed by atoms with E-state index in [2.05, 4.69) is 0 Å². The molecule has 8 heterocycles. The van der Waals surface area contributed by atoms with Crippen LogP contribution in [0.15, 0.2) is 97.1 Å². The van der Waals surface area contributed by atoms with Crippen molar-refractivity contribution in [1.82, 2.24) is 0 Å². The number of hydrogen-bond acceptors (Lipinski definition) is 12. The fraction of sp³-hybridized carbons (Fsp3) is 0.442. The molecule has 57 heavy (non-hydrogen) atoms. The maximum atomic E-state index is 11.6. The van der Waals surface area contributed by atoms with Gasteiger partial charge in [0.15, 0.2) is 0 Å². The molecule has 4 aromatic rings. The molecule has 4 unspecified atom stereocenters. The molecule has 300 valence electrons. The van der Waals surface area contributed by atoms with E-state index in [4.69, 9.17) is 46.1 Å². The minimum Gasteiger partial charge on any atom is -0.396 e. The first-order chi connectivity index (χ1) is 27.0. The Morgan fingerprint density at radius 1 is 0.456 bits per heavy atom. The molecule has 8 aliphatic rings. The monoisotopic (exact) mass is 816 g/mol. The summed E-state index contributed by atoms with van der Waals surface area (Å²) in [5, 5.41) is 22.4. The number of aryl methyl sites for hydroxylation is 4. The predicted octanol–water partition coefficient (Wildman–Crippen LogP) is 8.56. The van der Waals surface area contributed by atoms with Gasteiger partial charge in [-0.2, -0.15) is 0 Å². The van der Waals surface area contributed by atoms with E-state index in [1.165, 1.54) is 0 Å². The largest absolute Gasteiger partial charge is 0.396 e. The van der Waals surface area contributed by atoms with Crippen LogP contribution in [-0.4, -0.2) is 41.3 Å². The lowest BCUT2D eigenvalue weighted by molar-refractivity contribution is -0.736. The van der Waals surface area contributed by atoms with Gasteiger partial charge < -0.3 is 19.7 Å². The maximum Gasteiger partial charge on any atom is 0.346 e. The van der Waals surface area contributed by atoms with E-state index >= 15 is 0 Å². The molecule has 8 saturated heterocycles. The van der Waals surface area contributed by atoms with Crippen LogP contribution in [0.1, 0.15) is 72.2 Å². The van der Waals surface area contributed by atoms with Gasteiger partial charge in [0, 0.05) is 16.5 Å². The van der Waals surface area contributed by atoms with Gasteiger partial charge in [0.05, 0.1) is 18.6 Å². The molecule has 5 bridgehead atoms. The van der Waals surface area contributed by atoms with Gasteiger partial charge in [-0.3, -0.25) is 36.6 Å². The second kappa shape index (κ2) is 12.2. The van der Waals surface area contributed by atoms with Crippen LogP contribution < -0.4 is 0 Å². The van der Waals surface area contributed by atoms with Crippen molar-refractivity contribution >= 4 is 17.2 Å². The highest BCUT2D eigenvalue weighted by Gasteiger charge is 3.04. The molecule has 8 aliphatic heterocycles. The molecular formula is C43H46O12P2. The molecule has 14 heteroatoms. The number of benzene rings is 4. The summed E-state index contributed by atoms with van der Waals surface area (Å²) in [7, 11) is -4.35. The van der Waals surface area contributed by atoms with Crippen LogP contribution in [0.5, 0.6) is 0 Å². The van der Waals surface area contributed by atoms with Crippen LogP contribution in [0.25, 0.3) is 0 Å². The molecule has 0 amide bonds. The lowest BCUT2D eigenvalue weighted by Gasteiger charge is -2.82. The minimum absolute atomic E-state index is 0.374. The normalized spacial score (nSPS) is 37.3. The van der Waals surface area contributed by atoms with Crippen molar-refractivity contribution in [2.45, 2.75) is 90.5 Å². The van der Waals surface area contributed by atoms with Crippen LogP contribution in [0.4, 0.5) is 0 Å². The summed E-state index contributed by atoms with van der Waals surface area (Å²) in [4.78, 5) is 0. The van der Waals surface area contributed by atoms with Gasteiger partial charge in [-0.15, -0.1) is 0 Å². The van der Waals surface area contributed by atoms with Crippen molar-refractivity contribution in [2.24, 2.45) is 16.2 Å². The van der Waals surface area contributed by atoms with Gasteiger partial charge in [0.2, 0.25) is 17.0 Å². The zero-order valence-corrected chi connectivity index (χ0v) is 34.8. The molecule has 0 aliphatic carbocycles. The maximum absolute atomic E-state index is 11.6. The smallest absolute Gasteiger partial charge is 0.346 e. The van der Waals surface area contributed by atoms with E-state index in [-0.39, 0.29) is 6.61 Å². The third-order valence-electron chi connectivity index (χ3n) is 12.5. The van der Waals surface area contributed by atoms with Crippen molar-refractivity contribution in [3.05, 3.63) is 142 Å². The lowest BCUT2D eigenvalue weighted by atomic mass is 9.53. The molecule has 0 aromatic heterocycles. The molecule has 12 rings (SSSR count). The van der Waals surface area contributed by atoms with Crippen molar-refractivity contribution in [2.75, 3.05) is 13.2 Å². The average Bonchev–Trinajstić information content (AvgIpc) is 3.17. The summed E-state index contributed by atoms with van der Waals surface area (Å²) in [6.07, 6.45) is 0. The molecule has 3 spiro atoms. The van der Waals surface area contributed by atoms with Gasteiger partial charge in [-0.05, 0) is 52.7 Å². The highest BCUT2D eigenvalue weighted by molar-refractivity contribution is 7.43. The van der Waals surface area contributed by atoms with E-state index in [9.17, 15) is 10.2 Å². The Kier molecular flexibility index (Phi) is 8.22. The molecule has 0 saturated carbocycles. The van der Waals surface area contributed by atoms with Gasteiger partial charge in [0.1, 0.15) is 5.60 Å². The van der Waals surface area contributed by atoms with Crippen molar-refractivity contribution in [3.8, 4) is 0 Å². The zero-order valence-electron chi connectivity index (χ0n) is 33.0. The average molecular weight is 817 g/mol. The second-order valence-corrected chi connectivity index (χ2v) is 19.3.